The standard InChI is InChI=1S/C15H20N2O4/c1-10(2)14(18)16-7-8-17-15(19)13-9-20-11-5-3-4-6-12(11)21-13/h3-6,10,13H,7-9H2,1-2H3,(H,16,18)(H,17,19). The molecule has 0 aromatic heterocycles. The minimum Gasteiger partial charge on any atom is -0.485 e. The van der Waals surface area contributed by atoms with Crippen LogP contribution in [0, 0.1) is 5.92 Å². The topological polar surface area (TPSA) is 76.7 Å². The number of hydrogen-bond donors (Lipinski definition) is 2. The molecule has 1 atom stereocenters. The van der Waals surface area contributed by atoms with Crippen LogP contribution in [-0.2, 0) is 9.59 Å². The Morgan fingerprint density at radius 1 is 1.19 bits per heavy atom. The van der Waals surface area contributed by atoms with E-state index < -0.39 is 6.10 Å². The lowest BCUT2D eigenvalue weighted by atomic mass is 10.2. The molecule has 0 saturated heterocycles. The first-order chi connectivity index (χ1) is 10.1. The summed E-state index contributed by atoms with van der Waals surface area (Å²) in [6.45, 7) is 4.57. The zero-order valence-corrected chi connectivity index (χ0v) is 12.2. The van der Waals surface area contributed by atoms with Crippen molar-refractivity contribution >= 4 is 11.8 Å². The van der Waals surface area contributed by atoms with Gasteiger partial charge in [-0.05, 0) is 12.1 Å². The summed E-state index contributed by atoms with van der Waals surface area (Å²) < 4.78 is 11.1. The van der Waals surface area contributed by atoms with E-state index in [-0.39, 0.29) is 24.3 Å². The SMILES string of the molecule is CC(C)C(=O)NCCNC(=O)C1COc2ccccc2O1. The molecule has 6 heteroatoms. The van der Waals surface area contributed by atoms with Gasteiger partial charge in [-0.1, -0.05) is 26.0 Å². The van der Waals surface area contributed by atoms with Gasteiger partial charge in [0.2, 0.25) is 12.0 Å². The summed E-state index contributed by atoms with van der Waals surface area (Å²) in [5.74, 6) is 0.869. The van der Waals surface area contributed by atoms with E-state index in [1.54, 1.807) is 12.1 Å². The fraction of sp³-hybridized carbons (Fsp3) is 0.467. The predicted octanol–water partition coefficient (Wildman–Crippen LogP) is 0.715. The van der Waals surface area contributed by atoms with Crippen molar-refractivity contribution in [1.82, 2.24) is 10.6 Å². The number of carbonyl (C=O) groups is 2. The number of hydrogen-bond acceptors (Lipinski definition) is 4. The number of fused-ring (bicyclic) bond motifs is 1. The molecule has 21 heavy (non-hydrogen) atoms. The Morgan fingerprint density at radius 3 is 2.57 bits per heavy atom. The van der Waals surface area contributed by atoms with Gasteiger partial charge in [-0.25, -0.2) is 0 Å². The van der Waals surface area contributed by atoms with Gasteiger partial charge in [-0.3, -0.25) is 9.59 Å². The van der Waals surface area contributed by atoms with Crippen LogP contribution in [0.4, 0.5) is 0 Å². The van der Waals surface area contributed by atoms with Crippen molar-refractivity contribution in [2.45, 2.75) is 20.0 Å². The van der Waals surface area contributed by atoms with Crippen LogP contribution in [0.25, 0.3) is 0 Å². The average molecular weight is 292 g/mol. The summed E-state index contributed by atoms with van der Waals surface area (Å²) in [6, 6.07) is 7.23. The van der Waals surface area contributed by atoms with E-state index in [4.69, 9.17) is 9.47 Å². The van der Waals surface area contributed by atoms with Gasteiger partial charge in [0.1, 0.15) is 6.61 Å². The minimum atomic E-state index is -0.666. The fourth-order valence-electron chi connectivity index (χ4n) is 1.84. The number of para-hydroxylation sites is 2. The Hall–Kier alpha value is -2.24. The van der Waals surface area contributed by atoms with Crippen LogP contribution in [0.15, 0.2) is 24.3 Å². The van der Waals surface area contributed by atoms with E-state index in [1.807, 2.05) is 26.0 Å². The highest BCUT2D eigenvalue weighted by Crippen LogP contribution is 2.30. The maximum absolute atomic E-state index is 12.0. The summed E-state index contributed by atoms with van der Waals surface area (Å²) >= 11 is 0. The Labute approximate surface area is 123 Å². The fourth-order valence-corrected chi connectivity index (χ4v) is 1.84. The second-order valence-corrected chi connectivity index (χ2v) is 5.10. The molecule has 114 valence electrons. The highest BCUT2D eigenvalue weighted by atomic mass is 16.6. The van der Waals surface area contributed by atoms with Crippen LogP contribution < -0.4 is 20.1 Å². The van der Waals surface area contributed by atoms with E-state index in [0.29, 0.717) is 24.6 Å². The van der Waals surface area contributed by atoms with E-state index in [1.165, 1.54) is 0 Å². The maximum Gasteiger partial charge on any atom is 0.264 e. The van der Waals surface area contributed by atoms with E-state index >= 15 is 0 Å². The molecule has 1 aliphatic rings. The summed E-state index contributed by atoms with van der Waals surface area (Å²) in [5.41, 5.74) is 0. The number of amides is 2. The van der Waals surface area contributed by atoms with Gasteiger partial charge < -0.3 is 20.1 Å². The molecule has 2 rings (SSSR count). The van der Waals surface area contributed by atoms with Crippen molar-refractivity contribution in [1.29, 1.82) is 0 Å². The minimum absolute atomic E-state index is 0.0320. The molecule has 1 aromatic carbocycles. The molecule has 2 N–H and O–H groups in total. The highest BCUT2D eigenvalue weighted by Gasteiger charge is 2.26. The van der Waals surface area contributed by atoms with Crippen molar-refractivity contribution in [3.63, 3.8) is 0 Å². The molecule has 1 aromatic rings. The largest absolute Gasteiger partial charge is 0.485 e. The van der Waals surface area contributed by atoms with Crippen molar-refractivity contribution in [2.24, 2.45) is 5.92 Å². The van der Waals surface area contributed by atoms with Crippen molar-refractivity contribution in [3.05, 3.63) is 24.3 Å². The zero-order chi connectivity index (χ0) is 15.2. The van der Waals surface area contributed by atoms with Crippen LogP contribution >= 0.6 is 0 Å². The first kappa shape index (κ1) is 15.2. The zero-order valence-electron chi connectivity index (χ0n) is 12.2. The third-order valence-corrected chi connectivity index (χ3v) is 3.05. The quantitative estimate of drug-likeness (QED) is 0.784. The van der Waals surface area contributed by atoms with Crippen LogP contribution in [0.2, 0.25) is 0 Å². The Bertz CT molecular complexity index is 516. The van der Waals surface area contributed by atoms with Crippen LogP contribution in [-0.4, -0.2) is 37.6 Å². The van der Waals surface area contributed by atoms with E-state index in [9.17, 15) is 9.59 Å². The van der Waals surface area contributed by atoms with Crippen molar-refractivity contribution < 1.29 is 19.1 Å². The summed E-state index contributed by atoms with van der Waals surface area (Å²) in [6.07, 6.45) is -0.666. The van der Waals surface area contributed by atoms with Crippen LogP contribution in [0.3, 0.4) is 0 Å². The molecule has 2 amide bonds. The normalized spacial score (nSPS) is 16.4. The highest BCUT2D eigenvalue weighted by molar-refractivity contribution is 5.82. The van der Waals surface area contributed by atoms with Gasteiger partial charge in [0.05, 0.1) is 0 Å². The molecule has 0 saturated carbocycles. The smallest absolute Gasteiger partial charge is 0.264 e. The van der Waals surface area contributed by atoms with Crippen molar-refractivity contribution in [2.75, 3.05) is 19.7 Å². The molecule has 1 unspecified atom stereocenters. The van der Waals surface area contributed by atoms with Crippen LogP contribution in [0.5, 0.6) is 11.5 Å². The predicted molar refractivity (Wildman–Crippen MR) is 77.2 cm³/mol. The lowest BCUT2D eigenvalue weighted by molar-refractivity contribution is -0.130. The molecule has 0 aliphatic carbocycles. The Morgan fingerprint density at radius 2 is 1.86 bits per heavy atom. The molecule has 6 nitrogen and oxygen atoms in total. The monoisotopic (exact) mass is 292 g/mol. The third kappa shape index (κ3) is 4.11. The second kappa shape index (κ2) is 6.97. The molecule has 0 spiro atoms. The van der Waals surface area contributed by atoms with Crippen LogP contribution in [0.1, 0.15) is 13.8 Å². The molecular weight excluding hydrogens is 272 g/mol. The number of rotatable bonds is 5. The Kier molecular flexibility index (Phi) is 5.03. The average Bonchev–Trinajstić information content (AvgIpc) is 2.50. The molecule has 0 radical (unpaired) electrons. The van der Waals surface area contributed by atoms with E-state index in [0.717, 1.165) is 0 Å². The summed E-state index contributed by atoms with van der Waals surface area (Å²) in [4.78, 5) is 23.3. The summed E-state index contributed by atoms with van der Waals surface area (Å²) in [5, 5.41) is 5.45. The van der Waals surface area contributed by atoms with E-state index in [2.05, 4.69) is 10.6 Å². The maximum atomic E-state index is 12.0. The molecule has 0 bridgehead atoms. The third-order valence-electron chi connectivity index (χ3n) is 3.05. The number of nitrogens with one attached hydrogen (secondary N) is 2. The first-order valence-electron chi connectivity index (χ1n) is 7.02. The van der Waals surface area contributed by atoms with Gasteiger partial charge >= 0.3 is 0 Å². The number of carbonyl (C=O) groups excluding carboxylic acids is 2. The van der Waals surface area contributed by atoms with Gasteiger partial charge in [0, 0.05) is 19.0 Å². The first-order valence-corrected chi connectivity index (χ1v) is 7.02. The van der Waals surface area contributed by atoms with Gasteiger partial charge in [-0.15, -0.1) is 0 Å². The summed E-state index contributed by atoms with van der Waals surface area (Å²) in [7, 11) is 0. The van der Waals surface area contributed by atoms with Gasteiger partial charge in [-0.2, -0.15) is 0 Å². The van der Waals surface area contributed by atoms with Gasteiger partial charge in [0.25, 0.3) is 5.91 Å². The molecular formula is C15H20N2O4. The number of benzene rings is 1. The second-order valence-electron chi connectivity index (χ2n) is 5.10. The van der Waals surface area contributed by atoms with Gasteiger partial charge in [0.15, 0.2) is 11.5 Å². The lowest BCUT2D eigenvalue weighted by Crippen LogP contribution is -2.46. The Balaban J connectivity index is 1.74. The molecule has 1 aliphatic heterocycles. The van der Waals surface area contributed by atoms with Crippen molar-refractivity contribution in [3.8, 4) is 11.5 Å². The molecule has 1 heterocycles. The molecule has 0 fully saturated rings. The lowest BCUT2D eigenvalue weighted by Gasteiger charge is -2.25. The number of ether oxygens (including phenoxy) is 2.